The number of hydrogen-bond donors (Lipinski definition) is 2. The Morgan fingerprint density at radius 2 is 2.07 bits per heavy atom. The first kappa shape index (κ1) is 19.0. The highest BCUT2D eigenvalue weighted by Crippen LogP contribution is 2.27. The van der Waals surface area contributed by atoms with Gasteiger partial charge in [0, 0.05) is 38.0 Å². The number of rotatable bonds is 7. The zero-order valence-electron chi connectivity index (χ0n) is 15.7. The van der Waals surface area contributed by atoms with Gasteiger partial charge in [-0.1, -0.05) is 0 Å². The summed E-state index contributed by atoms with van der Waals surface area (Å²) in [6.07, 6.45) is 0. The second-order valence-electron chi connectivity index (χ2n) is 6.37. The number of benzene rings is 2. The maximum atomic E-state index is 13.4. The minimum absolute atomic E-state index is 0.111. The molecular weight excluding hydrogens is 347 g/mol. The summed E-state index contributed by atoms with van der Waals surface area (Å²) >= 11 is 0. The van der Waals surface area contributed by atoms with E-state index in [1.165, 1.54) is 12.1 Å². The summed E-state index contributed by atoms with van der Waals surface area (Å²) in [6, 6.07) is 10.3. The number of nitrogens with zero attached hydrogens (tertiary/aromatic N) is 2. The number of aromatic nitrogens is 2. The lowest BCUT2D eigenvalue weighted by atomic mass is 10.1. The molecule has 2 aromatic carbocycles. The third-order valence-electron chi connectivity index (χ3n) is 4.37. The van der Waals surface area contributed by atoms with Gasteiger partial charge in [0.15, 0.2) is 0 Å². The molecule has 0 spiro atoms. The van der Waals surface area contributed by atoms with Crippen molar-refractivity contribution >= 4 is 22.6 Å². The number of aryl methyl sites for hydroxylation is 2. The van der Waals surface area contributed by atoms with E-state index in [2.05, 4.69) is 15.6 Å². The Kier molecular flexibility index (Phi) is 5.83. The van der Waals surface area contributed by atoms with Crippen LogP contribution >= 0.6 is 0 Å². The molecule has 2 N–H and O–H groups in total. The molecule has 1 heterocycles. The highest BCUT2D eigenvalue weighted by Gasteiger charge is 2.12. The van der Waals surface area contributed by atoms with Gasteiger partial charge < -0.3 is 19.9 Å². The van der Waals surface area contributed by atoms with Gasteiger partial charge >= 0.3 is 0 Å². The molecule has 3 aromatic rings. The van der Waals surface area contributed by atoms with Crippen molar-refractivity contribution in [1.29, 1.82) is 0 Å². The fourth-order valence-corrected chi connectivity index (χ4v) is 2.94. The highest BCUT2D eigenvalue weighted by molar-refractivity contribution is 5.93. The molecule has 27 heavy (non-hydrogen) atoms. The first-order valence-corrected chi connectivity index (χ1v) is 8.72. The lowest BCUT2D eigenvalue weighted by molar-refractivity contribution is -0.115. The fraction of sp³-hybridized carbons (Fsp3) is 0.300. The summed E-state index contributed by atoms with van der Waals surface area (Å²) in [7, 11) is 3.52. The molecule has 0 saturated heterocycles. The Labute approximate surface area is 157 Å². The van der Waals surface area contributed by atoms with Crippen molar-refractivity contribution in [3.8, 4) is 11.4 Å². The Morgan fingerprint density at radius 1 is 1.26 bits per heavy atom. The summed E-state index contributed by atoms with van der Waals surface area (Å²) in [5.74, 6) is 0.332. The number of carbonyl (C=O) groups is 1. The molecule has 3 rings (SSSR count). The van der Waals surface area contributed by atoms with E-state index in [1.54, 1.807) is 13.2 Å². The largest absolute Gasteiger partial charge is 0.383 e. The summed E-state index contributed by atoms with van der Waals surface area (Å²) in [5.41, 5.74) is 4.06. The van der Waals surface area contributed by atoms with Crippen molar-refractivity contribution < 1.29 is 13.9 Å². The van der Waals surface area contributed by atoms with Crippen LogP contribution in [-0.4, -0.2) is 42.3 Å². The van der Waals surface area contributed by atoms with E-state index in [0.29, 0.717) is 18.7 Å². The number of imidazole rings is 1. The van der Waals surface area contributed by atoms with Crippen molar-refractivity contribution in [1.82, 2.24) is 14.9 Å². The van der Waals surface area contributed by atoms with Gasteiger partial charge in [0.25, 0.3) is 0 Å². The van der Waals surface area contributed by atoms with Crippen molar-refractivity contribution in [3.63, 3.8) is 0 Å². The van der Waals surface area contributed by atoms with E-state index in [1.807, 2.05) is 36.7 Å². The topological polar surface area (TPSA) is 68.2 Å². The van der Waals surface area contributed by atoms with Gasteiger partial charge in [0.2, 0.25) is 5.91 Å². The molecule has 0 radical (unpaired) electrons. The van der Waals surface area contributed by atoms with Crippen LogP contribution in [0.15, 0.2) is 36.4 Å². The van der Waals surface area contributed by atoms with Gasteiger partial charge in [-0.05, 0) is 42.8 Å². The predicted octanol–water partition coefficient (Wildman–Crippen LogP) is 2.86. The standard InChI is InChI=1S/C20H23FN4O2/c1-13-10-14(4-6-16(13)23-19(26)12-22-8-9-27-3)20-24-17-11-15(21)5-7-18(17)25(20)2/h4-7,10-11,22H,8-9,12H2,1-3H3,(H,23,26). The summed E-state index contributed by atoms with van der Waals surface area (Å²) < 4.78 is 20.3. The van der Waals surface area contributed by atoms with Crippen LogP contribution in [0, 0.1) is 12.7 Å². The Morgan fingerprint density at radius 3 is 2.81 bits per heavy atom. The molecule has 1 amide bonds. The normalized spacial score (nSPS) is 11.1. The Balaban J connectivity index is 1.77. The second-order valence-corrected chi connectivity index (χ2v) is 6.37. The molecule has 0 fully saturated rings. The Bertz CT molecular complexity index is 968. The average molecular weight is 370 g/mol. The molecule has 0 atom stereocenters. The van der Waals surface area contributed by atoms with E-state index in [0.717, 1.165) is 28.2 Å². The maximum absolute atomic E-state index is 13.4. The summed E-state index contributed by atoms with van der Waals surface area (Å²) in [5, 5.41) is 5.90. The molecule has 0 aliphatic carbocycles. The molecule has 6 nitrogen and oxygen atoms in total. The lowest BCUT2D eigenvalue weighted by Crippen LogP contribution is -2.30. The van der Waals surface area contributed by atoms with Crippen LogP contribution in [0.2, 0.25) is 0 Å². The molecule has 0 bridgehead atoms. The highest BCUT2D eigenvalue weighted by atomic mass is 19.1. The van der Waals surface area contributed by atoms with Crippen molar-refractivity contribution in [2.24, 2.45) is 7.05 Å². The maximum Gasteiger partial charge on any atom is 0.238 e. The van der Waals surface area contributed by atoms with E-state index in [9.17, 15) is 9.18 Å². The van der Waals surface area contributed by atoms with Crippen molar-refractivity contribution in [3.05, 3.63) is 47.8 Å². The lowest BCUT2D eigenvalue weighted by Gasteiger charge is -2.11. The first-order valence-electron chi connectivity index (χ1n) is 8.72. The van der Waals surface area contributed by atoms with E-state index in [4.69, 9.17) is 4.74 Å². The zero-order chi connectivity index (χ0) is 19.4. The number of ether oxygens (including phenoxy) is 1. The SMILES string of the molecule is COCCNCC(=O)Nc1ccc(-c2nc3cc(F)ccc3n2C)cc1C. The molecule has 0 unspecified atom stereocenters. The average Bonchev–Trinajstić information content (AvgIpc) is 2.96. The first-order chi connectivity index (χ1) is 13.0. The predicted molar refractivity (Wildman–Crippen MR) is 104 cm³/mol. The molecule has 7 heteroatoms. The van der Waals surface area contributed by atoms with Crippen molar-refractivity contribution in [2.45, 2.75) is 6.92 Å². The third kappa shape index (κ3) is 4.32. The number of hydrogen-bond acceptors (Lipinski definition) is 4. The summed E-state index contributed by atoms with van der Waals surface area (Å²) in [4.78, 5) is 16.6. The molecule has 0 saturated carbocycles. The van der Waals surface area contributed by atoms with Gasteiger partial charge in [0.05, 0.1) is 24.2 Å². The van der Waals surface area contributed by atoms with Gasteiger partial charge in [-0.3, -0.25) is 4.79 Å². The number of anilines is 1. The molecule has 142 valence electrons. The number of amides is 1. The van der Waals surface area contributed by atoms with Crippen LogP contribution in [0.25, 0.3) is 22.4 Å². The summed E-state index contributed by atoms with van der Waals surface area (Å²) in [6.45, 7) is 3.33. The van der Waals surface area contributed by atoms with E-state index < -0.39 is 0 Å². The monoisotopic (exact) mass is 370 g/mol. The number of fused-ring (bicyclic) bond motifs is 1. The van der Waals surface area contributed by atoms with E-state index >= 15 is 0 Å². The van der Waals surface area contributed by atoms with Crippen LogP contribution in [-0.2, 0) is 16.6 Å². The van der Waals surface area contributed by atoms with Crippen LogP contribution < -0.4 is 10.6 Å². The number of methoxy groups -OCH3 is 1. The molecule has 1 aromatic heterocycles. The van der Waals surface area contributed by atoms with Gasteiger partial charge in [-0.25, -0.2) is 9.37 Å². The van der Waals surface area contributed by atoms with Crippen LogP contribution in [0.4, 0.5) is 10.1 Å². The van der Waals surface area contributed by atoms with Gasteiger partial charge in [-0.15, -0.1) is 0 Å². The van der Waals surface area contributed by atoms with E-state index in [-0.39, 0.29) is 18.3 Å². The number of carbonyl (C=O) groups excluding carboxylic acids is 1. The van der Waals surface area contributed by atoms with Crippen LogP contribution in [0.1, 0.15) is 5.56 Å². The fourth-order valence-electron chi connectivity index (χ4n) is 2.94. The minimum Gasteiger partial charge on any atom is -0.383 e. The van der Waals surface area contributed by atoms with Crippen LogP contribution in [0.3, 0.4) is 0 Å². The third-order valence-corrected chi connectivity index (χ3v) is 4.37. The minimum atomic E-state index is -0.305. The van der Waals surface area contributed by atoms with Gasteiger partial charge in [-0.2, -0.15) is 0 Å². The molecule has 0 aliphatic heterocycles. The van der Waals surface area contributed by atoms with Crippen LogP contribution in [0.5, 0.6) is 0 Å². The zero-order valence-corrected chi connectivity index (χ0v) is 15.7. The quantitative estimate of drug-likeness (QED) is 0.628. The van der Waals surface area contributed by atoms with Gasteiger partial charge in [0.1, 0.15) is 11.6 Å². The molecule has 0 aliphatic rings. The molecular formula is C20H23FN4O2. The number of halogens is 1. The second kappa shape index (κ2) is 8.28. The smallest absolute Gasteiger partial charge is 0.238 e. The van der Waals surface area contributed by atoms with Crippen molar-refractivity contribution in [2.75, 3.05) is 32.1 Å². The Hall–Kier alpha value is -2.77. The number of nitrogens with one attached hydrogen (secondary N) is 2.